The van der Waals surface area contributed by atoms with Gasteiger partial charge in [-0.25, -0.2) is 0 Å². The first-order chi connectivity index (χ1) is 12.8. The molecule has 0 saturated heterocycles. The first-order valence-corrected chi connectivity index (χ1v) is 9.04. The van der Waals surface area contributed by atoms with Crippen LogP contribution in [0.1, 0.15) is 64.0 Å². The number of amides is 2. The number of rotatable bonds is 7. The molecule has 6 heteroatoms. The molecule has 0 fully saturated rings. The number of nitrogens with zero attached hydrogens (tertiary/aromatic N) is 1. The molecular formula is C21H27N3O3. The van der Waals surface area contributed by atoms with E-state index in [9.17, 15) is 14.4 Å². The van der Waals surface area contributed by atoms with E-state index >= 15 is 0 Å². The summed E-state index contributed by atoms with van der Waals surface area (Å²) in [5.74, 6) is -0.461. The number of carbonyl (C=O) groups is 3. The second kappa shape index (κ2) is 8.66. The predicted molar refractivity (Wildman–Crippen MR) is 105 cm³/mol. The zero-order valence-corrected chi connectivity index (χ0v) is 16.6. The highest BCUT2D eigenvalue weighted by Gasteiger charge is 2.25. The van der Waals surface area contributed by atoms with Gasteiger partial charge in [0.2, 0.25) is 5.91 Å². The number of hydrogen-bond donors (Lipinski definition) is 2. The molecule has 1 aromatic carbocycles. The maximum atomic E-state index is 13.0. The van der Waals surface area contributed by atoms with Crippen LogP contribution in [0.15, 0.2) is 30.3 Å². The summed E-state index contributed by atoms with van der Waals surface area (Å²) in [4.78, 5) is 41.7. The van der Waals surface area contributed by atoms with Gasteiger partial charge in [0.15, 0.2) is 5.78 Å². The van der Waals surface area contributed by atoms with Crippen molar-refractivity contribution in [3.8, 4) is 0 Å². The van der Waals surface area contributed by atoms with Crippen molar-refractivity contribution in [2.75, 3.05) is 14.1 Å². The first kappa shape index (κ1) is 20.4. The van der Waals surface area contributed by atoms with Gasteiger partial charge in [-0.3, -0.25) is 14.4 Å². The van der Waals surface area contributed by atoms with E-state index in [-0.39, 0.29) is 24.0 Å². The van der Waals surface area contributed by atoms with Gasteiger partial charge in [-0.15, -0.1) is 0 Å². The molecule has 0 radical (unpaired) electrons. The minimum absolute atomic E-state index is 0.0676. The molecule has 0 bridgehead atoms. The number of hydrogen-bond acceptors (Lipinski definition) is 3. The van der Waals surface area contributed by atoms with Crippen LogP contribution in [0.3, 0.4) is 0 Å². The van der Waals surface area contributed by atoms with Crippen molar-refractivity contribution in [2.45, 2.75) is 39.7 Å². The van der Waals surface area contributed by atoms with E-state index in [4.69, 9.17) is 0 Å². The fraction of sp³-hybridized carbons (Fsp3) is 0.381. The molecule has 2 rings (SSSR count). The van der Waals surface area contributed by atoms with Gasteiger partial charge in [-0.2, -0.15) is 0 Å². The molecule has 1 atom stereocenters. The monoisotopic (exact) mass is 369 g/mol. The molecule has 1 heterocycles. The minimum atomic E-state index is -0.456. The fourth-order valence-corrected chi connectivity index (χ4v) is 3.23. The van der Waals surface area contributed by atoms with Gasteiger partial charge in [0.25, 0.3) is 5.91 Å². The number of H-pyrrole nitrogens is 1. The molecule has 0 aliphatic rings. The summed E-state index contributed by atoms with van der Waals surface area (Å²) in [6.07, 6.45) is 0.720. The summed E-state index contributed by atoms with van der Waals surface area (Å²) in [6, 6.07) is 8.95. The lowest BCUT2D eigenvalue weighted by Gasteiger charge is -2.21. The Bertz CT molecular complexity index is 838. The van der Waals surface area contributed by atoms with E-state index < -0.39 is 6.04 Å². The molecule has 2 N–H and O–H groups in total. The zero-order valence-electron chi connectivity index (χ0n) is 16.6. The van der Waals surface area contributed by atoms with Crippen LogP contribution in [0.4, 0.5) is 0 Å². The third kappa shape index (κ3) is 4.64. The van der Waals surface area contributed by atoms with Crippen molar-refractivity contribution in [3.63, 3.8) is 0 Å². The molecule has 2 amide bonds. The van der Waals surface area contributed by atoms with Gasteiger partial charge in [-0.1, -0.05) is 37.3 Å². The number of benzene rings is 1. The number of carbonyl (C=O) groups excluding carboxylic acids is 3. The zero-order chi connectivity index (χ0) is 20.1. The van der Waals surface area contributed by atoms with E-state index in [2.05, 4.69) is 10.3 Å². The Hall–Kier alpha value is -2.89. The molecule has 144 valence electrons. The van der Waals surface area contributed by atoms with Crippen molar-refractivity contribution in [1.82, 2.24) is 15.2 Å². The highest BCUT2D eigenvalue weighted by Crippen LogP contribution is 2.23. The lowest BCUT2D eigenvalue weighted by atomic mass is 10.0. The highest BCUT2D eigenvalue weighted by molar-refractivity contribution is 6.02. The van der Waals surface area contributed by atoms with Gasteiger partial charge in [0.1, 0.15) is 5.69 Å². The quantitative estimate of drug-likeness (QED) is 0.736. The van der Waals surface area contributed by atoms with Gasteiger partial charge < -0.3 is 15.2 Å². The molecule has 0 aliphatic carbocycles. The molecule has 0 saturated carbocycles. The Kier molecular flexibility index (Phi) is 6.55. The maximum absolute atomic E-state index is 13.0. The van der Waals surface area contributed by atoms with E-state index in [0.717, 1.165) is 5.56 Å². The van der Waals surface area contributed by atoms with Gasteiger partial charge in [0.05, 0.1) is 12.5 Å². The van der Waals surface area contributed by atoms with Crippen LogP contribution in [-0.4, -0.2) is 41.6 Å². The van der Waals surface area contributed by atoms with Crippen LogP contribution < -0.4 is 5.32 Å². The average Bonchev–Trinajstić information content (AvgIpc) is 2.98. The van der Waals surface area contributed by atoms with Crippen molar-refractivity contribution < 1.29 is 14.4 Å². The van der Waals surface area contributed by atoms with Crippen molar-refractivity contribution in [1.29, 1.82) is 0 Å². The van der Waals surface area contributed by atoms with Crippen molar-refractivity contribution in [3.05, 3.63) is 58.4 Å². The van der Waals surface area contributed by atoms with Crippen LogP contribution in [0.2, 0.25) is 0 Å². The molecule has 6 nitrogen and oxygen atoms in total. The van der Waals surface area contributed by atoms with Crippen LogP contribution >= 0.6 is 0 Å². The van der Waals surface area contributed by atoms with E-state index in [1.807, 2.05) is 37.3 Å². The lowest BCUT2D eigenvalue weighted by Crippen LogP contribution is -2.34. The standard InChI is InChI=1S/C21H27N3O3/c1-6-16-19(14(3)25)13(2)22-20(16)21(27)23-17(12-18(26)24(4)5)15-10-8-7-9-11-15/h7-11,17,22H,6,12H2,1-5H3,(H,23,27). The second-order valence-electron chi connectivity index (χ2n) is 6.82. The number of aromatic amines is 1. The highest BCUT2D eigenvalue weighted by atomic mass is 16.2. The Labute approximate surface area is 160 Å². The third-order valence-corrected chi connectivity index (χ3v) is 4.61. The van der Waals surface area contributed by atoms with E-state index in [1.165, 1.54) is 11.8 Å². The number of ketones is 1. The summed E-state index contributed by atoms with van der Waals surface area (Å²) >= 11 is 0. The molecule has 0 aliphatic heterocycles. The average molecular weight is 369 g/mol. The van der Waals surface area contributed by atoms with Crippen LogP contribution in [0.5, 0.6) is 0 Å². The smallest absolute Gasteiger partial charge is 0.268 e. The molecular weight excluding hydrogens is 342 g/mol. The Morgan fingerprint density at radius 3 is 2.30 bits per heavy atom. The van der Waals surface area contributed by atoms with E-state index in [1.54, 1.807) is 21.0 Å². The van der Waals surface area contributed by atoms with Gasteiger partial charge in [-0.05, 0) is 31.4 Å². The number of Topliss-reactive ketones (excluding diaryl/α,β-unsaturated/α-hetero) is 1. The normalized spacial score (nSPS) is 11.7. The predicted octanol–water partition coefficient (Wildman–Crippen LogP) is 3.04. The van der Waals surface area contributed by atoms with Crippen LogP contribution in [0.25, 0.3) is 0 Å². The molecule has 1 unspecified atom stereocenters. The fourth-order valence-electron chi connectivity index (χ4n) is 3.23. The molecule has 2 aromatic rings. The Morgan fingerprint density at radius 1 is 1.15 bits per heavy atom. The molecule has 1 aromatic heterocycles. The minimum Gasteiger partial charge on any atom is -0.354 e. The number of aryl methyl sites for hydroxylation is 1. The van der Waals surface area contributed by atoms with Crippen LogP contribution in [0, 0.1) is 6.92 Å². The lowest BCUT2D eigenvalue weighted by molar-refractivity contribution is -0.129. The Balaban J connectivity index is 2.35. The second-order valence-corrected chi connectivity index (χ2v) is 6.82. The summed E-state index contributed by atoms with van der Waals surface area (Å²) in [5, 5.41) is 2.96. The summed E-state index contributed by atoms with van der Waals surface area (Å²) < 4.78 is 0. The summed E-state index contributed by atoms with van der Waals surface area (Å²) in [6.45, 7) is 5.20. The van der Waals surface area contributed by atoms with Gasteiger partial charge in [0, 0.05) is 25.4 Å². The van der Waals surface area contributed by atoms with E-state index in [0.29, 0.717) is 28.9 Å². The number of nitrogens with one attached hydrogen (secondary N) is 2. The summed E-state index contributed by atoms with van der Waals surface area (Å²) in [7, 11) is 3.38. The maximum Gasteiger partial charge on any atom is 0.268 e. The Morgan fingerprint density at radius 2 is 1.78 bits per heavy atom. The molecule has 27 heavy (non-hydrogen) atoms. The topological polar surface area (TPSA) is 82.3 Å². The van der Waals surface area contributed by atoms with Crippen molar-refractivity contribution in [2.24, 2.45) is 0 Å². The third-order valence-electron chi connectivity index (χ3n) is 4.61. The van der Waals surface area contributed by atoms with Crippen LogP contribution in [-0.2, 0) is 11.2 Å². The van der Waals surface area contributed by atoms with Crippen molar-refractivity contribution >= 4 is 17.6 Å². The van der Waals surface area contributed by atoms with Gasteiger partial charge >= 0.3 is 0 Å². The number of aromatic nitrogens is 1. The molecule has 0 spiro atoms. The first-order valence-electron chi connectivity index (χ1n) is 9.04. The largest absolute Gasteiger partial charge is 0.354 e. The summed E-state index contributed by atoms with van der Waals surface area (Å²) in [5.41, 5.74) is 3.21. The SMILES string of the molecule is CCc1c(C(=O)NC(CC(=O)N(C)C)c2ccccc2)[nH]c(C)c1C(C)=O.